The first-order chi connectivity index (χ1) is 12.9. The smallest absolute Gasteiger partial charge is 0.279 e. The Bertz CT molecular complexity index is 1040. The molecule has 0 fully saturated rings. The standard InChI is InChI=1S/C19H17N3O5/c1-11(23)21-17(13-6-3-4-8-16(13)27-2)14-10-15(22(25)26)12-7-5-9-20-18(12)19(14)24/h3-10,17,24H,1-2H3,(H,21,23)/p-1/t17-/m1/s1. The predicted molar refractivity (Wildman–Crippen MR) is 96.5 cm³/mol. The summed E-state index contributed by atoms with van der Waals surface area (Å²) in [5, 5.41) is 27.4. The largest absolute Gasteiger partial charge is 0.871 e. The van der Waals surface area contributed by atoms with Crippen LogP contribution in [0.2, 0.25) is 0 Å². The summed E-state index contributed by atoms with van der Waals surface area (Å²) < 4.78 is 5.33. The molecule has 2 aromatic carbocycles. The average molecular weight is 366 g/mol. The summed E-state index contributed by atoms with van der Waals surface area (Å²) in [5.41, 5.74) is 0.286. The maximum absolute atomic E-state index is 13.0. The van der Waals surface area contributed by atoms with Crippen LogP contribution in [0.3, 0.4) is 0 Å². The number of nitro groups is 1. The number of non-ortho nitro benzene ring substituents is 1. The zero-order chi connectivity index (χ0) is 19.6. The highest BCUT2D eigenvalue weighted by Crippen LogP contribution is 2.39. The normalized spacial score (nSPS) is 11.8. The lowest BCUT2D eigenvalue weighted by atomic mass is 9.94. The van der Waals surface area contributed by atoms with Crippen molar-refractivity contribution in [3.05, 3.63) is 69.9 Å². The van der Waals surface area contributed by atoms with Crippen molar-refractivity contribution in [2.24, 2.45) is 0 Å². The molecule has 1 amide bonds. The molecule has 1 atom stereocenters. The van der Waals surface area contributed by atoms with Crippen molar-refractivity contribution in [1.82, 2.24) is 10.3 Å². The Kier molecular flexibility index (Phi) is 4.89. The number of nitrogens with one attached hydrogen (secondary N) is 1. The third-order valence-corrected chi connectivity index (χ3v) is 4.16. The summed E-state index contributed by atoms with van der Waals surface area (Å²) >= 11 is 0. The van der Waals surface area contributed by atoms with Crippen molar-refractivity contribution in [1.29, 1.82) is 0 Å². The first-order valence-electron chi connectivity index (χ1n) is 8.07. The van der Waals surface area contributed by atoms with Crippen LogP contribution in [0.15, 0.2) is 48.7 Å². The van der Waals surface area contributed by atoms with E-state index in [1.54, 1.807) is 24.3 Å². The third-order valence-electron chi connectivity index (χ3n) is 4.16. The number of ether oxygens (including phenoxy) is 1. The molecule has 8 nitrogen and oxygen atoms in total. The molecule has 8 heteroatoms. The van der Waals surface area contributed by atoms with Gasteiger partial charge in [0.25, 0.3) is 5.69 Å². The first-order valence-corrected chi connectivity index (χ1v) is 8.07. The number of benzene rings is 2. The van der Waals surface area contributed by atoms with Gasteiger partial charge in [0.2, 0.25) is 5.91 Å². The SMILES string of the molecule is COc1ccccc1[C@@H](NC(C)=O)c1cc([N+](=O)[O-])c2cccnc2c1[O-]. The van der Waals surface area contributed by atoms with Crippen LogP contribution in [0, 0.1) is 10.1 Å². The Hall–Kier alpha value is -3.68. The molecule has 3 aromatic rings. The minimum atomic E-state index is -0.920. The molecule has 0 saturated heterocycles. The number of fused-ring (bicyclic) bond motifs is 1. The molecule has 0 aliphatic carbocycles. The van der Waals surface area contributed by atoms with E-state index in [0.29, 0.717) is 11.3 Å². The first kappa shape index (κ1) is 18.1. The Balaban J connectivity index is 2.32. The van der Waals surface area contributed by atoms with Crippen LogP contribution in [0.1, 0.15) is 24.1 Å². The van der Waals surface area contributed by atoms with Gasteiger partial charge in [0.05, 0.1) is 29.0 Å². The highest BCUT2D eigenvalue weighted by atomic mass is 16.6. The number of methoxy groups -OCH3 is 1. The van der Waals surface area contributed by atoms with Crippen LogP contribution in [0.4, 0.5) is 5.69 Å². The van der Waals surface area contributed by atoms with E-state index in [2.05, 4.69) is 10.3 Å². The summed E-state index contributed by atoms with van der Waals surface area (Å²) in [5.74, 6) is -0.436. The maximum atomic E-state index is 13.0. The molecular weight excluding hydrogens is 350 g/mol. The van der Waals surface area contributed by atoms with E-state index in [1.807, 2.05) is 0 Å². The number of rotatable bonds is 5. The predicted octanol–water partition coefficient (Wildman–Crippen LogP) is 2.45. The van der Waals surface area contributed by atoms with E-state index >= 15 is 0 Å². The van der Waals surface area contributed by atoms with E-state index in [0.717, 1.165) is 0 Å². The molecule has 0 aliphatic rings. The van der Waals surface area contributed by atoms with Crippen molar-refractivity contribution in [2.45, 2.75) is 13.0 Å². The summed E-state index contributed by atoms with van der Waals surface area (Å²) in [7, 11) is 1.46. The Morgan fingerprint density at radius 2 is 1.96 bits per heavy atom. The quantitative estimate of drug-likeness (QED) is 0.547. The molecule has 0 aliphatic heterocycles. The number of hydrogen-bond acceptors (Lipinski definition) is 6. The fraction of sp³-hybridized carbons (Fsp3) is 0.158. The number of carbonyl (C=O) groups is 1. The number of nitrogens with zero attached hydrogens (tertiary/aromatic N) is 2. The topological polar surface area (TPSA) is 117 Å². The number of pyridine rings is 1. The summed E-state index contributed by atoms with van der Waals surface area (Å²) in [6.45, 7) is 1.31. The molecule has 1 heterocycles. The summed E-state index contributed by atoms with van der Waals surface area (Å²) in [4.78, 5) is 26.8. The van der Waals surface area contributed by atoms with Crippen LogP contribution < -0.4 is 15.2 Å². The Morgan fingerprint density at radius 1 is 1.22 bits per heavy atom. The van der Waals surface area contributed by atoms with Crippen molar-refractivity contribution in [3.63, 3.8) is 0 Å². The third kappa shape index (κ3) is 3.37. The van der Waals surface area contributed by atoms with Gasteiger partial charge >= 0.3 is 0 Å². The van der Waals surface area contributed by atoms with Crippen molar-refractivity contribution >= 4 is 22.5 Å². The highest BCUT2D eigenvalue weighted by Gasteiger charge is 2.24. The molecule has 0 unspecified atom stereocenters. The fourth-order valence-electron chi connectivity index (χ4n) is 3.02. The lowest BCUT2D eigenvalue weighted by Crippen LogP contribution is -2.28. The van der Waals surface area contributed by atoms with Gasteiger partial charge in [0.15, 0.2) is 0 Å². The Labute approximate surface area is 154 Å². The van der Waals surface area contributed by atoms with Gasteiger partial charge in [-0.05, 0) is 23.8 Å². The molecule has 0 bridgehead atoms. The number of carbonyl (C=O) groups excluding carboxylic acids is 1. The number of para-hydroxylation sites is 1. The minimum absolute atomic E-state index is 0.0213. The molecular formula is C19H16N3O5-. The molecule has 0 spiro atoms. The van der Waals surface area contributed by atoms with Gasteiger partial charge in [0.1, 0.15) is 5.75 Å². The second kappa shape index (κ2) is 7.28. The van der Waals surface area contributed by atoms with Crippen LogP contribution in [-0.4, -0.2) is 22.9 Å². The number of amides is 1. The molecule has 0 saturated carbocycles. The van der Waals surface area contributed by atoms with Gasteiger partial charge in [-0.3, -0.25) is 19.9 Å². The van der Waals surface area contributed by atoms with Gasteiger partial charge in [-0.2, -0.15) is 0 Å². The van der Waals surface area contributed by atoms with E-state index in [4.69, 9.17) is 4.74 Å². The minimum Gasteiger partial charge on any atom is -0.871 e. The van der Waals surface area contributed by atoms with Crippen molar-refractivity contribution in [3.8, 4) is 11.5 Å². The van der Waals surface area contributed by atoms with Gasteiger partial charge in [-0.25, -0.2) is 0 Å². The van der Waals surface area contributed by atoms with Gasteiger partial charge in [-0.15, -0.1) is 0 Å². The highest BCUT2D eigenvalue weighted by molar-refractivity contribution is 5.93. The molecule has 0 radical (unpaired) electrons. The van der Waals surface area contributed by atoms with E-state index in [-0.39, 0.29) is 22.2 Å². The van der Waals surface area contributed by atoms with Crippen LogP contribution >= 0.6 is 0 Å². The average Bonchev–Trinajstić information content (AvgIpc) is 2.66. The fourth-order valence-corrected chi connectivity index (χ4v) is 3.02. The molecule has 138 valence electrons. The van der Waals surface area contributed by atoms with Crippen LogP contribution in [-0.2, 0) is 4.79 Å². The van der Waals surface area contributed by atoms with E-state index in [1.165, 1.54) is 38.4 Å². The van der Waals surface area contributed by atoms with E-state index in [9.17, 15) is 20.0 Å². The number of aromatic nitrogens is 1. The monoisotopic (exact) mass is 366 g/mol. The number of nitro benzene ring substituents is 1. The summed E-state index contributed by atoms with van der Waals surface area (Å²) in [6, 6.07) is 10.1. The van der Waals surface area contributed by atoms with Gasteiger partial charge < -0.3 is 15.2 Å². The van der Waals surface area contributed by atoms with E-state index < -0.39 is 22.6 Å². The molecule has 1 aromatic heterocycles. The van der Waals surface area contributed by atoms with Gasteiger partial charge in [-0.1, -0.05) is 23.9 Å². The molecule has 27 heavy (non-hydrogen) atoms. The van der Waals surface area contributed by atoms with Gasteiger partial charge in [0, 0.05) is 24.8 Å². The molecule has 3 rings (SSSR count). The second-order valence-corrected chi connectivity index (χ2v) is 5.85. The lowest BCUT2D eigenvalue weighted by molar-refractivity contribution is -0.383. The number of hydrogen-bond donors (Lipinski definition) is 1. The van der Waals surface area contributed by atoms with Crippen LogP contribution in [0.5, 0.6) is 11.5 Å². The lowest BCUT2D eigenvalue weighted by Gasteiger charge is -2.26. The maximum Gasteiger partial charge on any atom is 0.279 e. The van der Waals surface area contributed by atoms with Crippen molar-refractivity contribution in [2.75, 3.05) is 7.11 Å². The summed E-state index contributed by atoms with van der Waals surface area (Å²) in [6.07, 6.45) is 1.40. The van der Waals surface area contributed by atoms with Crippen molar-refractivity contribution < 1.29 is 19.6 Å². The molecule has 1 N–H and O–H groups in total. The van der Waals surface area contributed by atoms with Crippen LogP contribution in [0.25, 0.3) is 10.9 Å². The zero-order valence-corrected chi connectivity index (χ0v) is 14.6. The Morgan fingerprint density at radius 3 is 2.63 bits per heavy atom. The zero-order valence-electron chi connectivity index (χ0n) is 14.6. The second-order valence-electron chi connectivity index (χ2n) is 5.85.